The van der Waals surface area contributed by atoms with E-state index < -0.39 is 13.2 Å². The molecule has 0 aliphatic heterocycles. The monoisotopic (exact) mass is 364 g/mol. The summed E-state index contributed by atoms with van der Waals surface area (Å²) in [6.45, 7) is 3.86. The molecule has 0 bridgehead atoms. The van der Waals surface area contributed by atoms with Crippen molar-refractivity contribution in [3.63, 3.8) is 0 Å². The predicted octanol–water partition coefficient (Wildman–Crippen LogP) is 3.15. The van der Waals surface area contributed by atoms with Gasteiger partial charge in [0.2, 0.25) is 0 Å². The van der Waals surface area contributed by atoms with E-state index in [1.165, 1.54) is 22.8 Å². The highest BCUT2D eigenvalue weighted by Gasteiger charge is 2.43. The highest BCUT2D eigenvalue weighted by molar-refractivity contribution is 7.95. The molecule has 3 aromatic carbocycles. The van der Waals surface area contributed by atoms with Crippen LogP contribution in [0, 0.1) is 0 Å². The molecule has 0 N–H and O–H groups in total. The SMILES string of the molecule is CCC(=O)[O-].CC[P+](c1ccccc1)(c1ccccc1)c1ccccc1. The first-order valence-electron chi connectivity index (χ1n) is 8.90. The van der Waals surface area contributed by atoms with Crippen LogP contribution in [0.1, 0.15) is 20.3 Å². The third kappa shape index (κ3) is 4.59. The maximum absolute atomic E-state index is 9.26. The molecule has 0 atom stereocenters. The number of carboxylic acid groups (broad SMARTS) is 1. The van der Waals surface area contributed by atoms with E-state index in [4.69, 9.17) is 0 Å². The zero-order chi connectivity index (χ0) is 18.8. The van der Waals surface area contributed by atoms with Crippen molar-refractivity contribution in [3.05, 3.63) is 91.0 Å². The van der Waals surface area contributed by atoms with Crippen molar-refractivity contribution in [2.24, 2.45) is 0 Å². The average molecular weight is 364 g/mol. The Morgan fingerprint density at radius 2 is 0.962 bits per heavy atom. The highest BCUT2D eigenvalue weighted by atomic mass is 31.2. The van der Waals surface area contributed by atoms with Gasteiger partial charge in [0.05, 0.1) is 6.16 Å². The molecule has 3 rings (SSSR count). The maximum atomic E-state index is 9.26. The van der Waals surface area contributed by atoms with Crippen LogP contribution in [0.15, 0.2) is 91.0 Å². The largest absolute Gasteiger partial charge is 0.550 e. The van der Waals surface area contributed by atoms with Crippen molar-refractivity contribution in [2.75, 3.05) is 6.16 Å². The van der Waals surface area contributed by atoms with E-state index in [1.807, 2.05) is 0 Å². The van der Waals surface area contributed by atoms with E-state index in [0.29, 0.717) is 0 Å². The predicted molar refractivity (Wildman–Crippen MR) is 111 cm³/mol. The van der Waals surface area contributed by atoms with E-state index in [1.54, 1.807) is 0 Å². The molecule has 0 unspecified atom stereocenters. The van der Waals surface area contributed by atoms with Crippen molar-refractivity contribution >= 4 is 29.1 Å². The Morgan fingerprint density at radius 3 is 1.15 bits per heavy atom. The molecule has 0 saturated carbocycles. The number of carboxylic acids is 1. The molecule has 134 valence electrons. The summed E-state index contributed by atoms with van der Waals surface area (Å²) in [6, 6.07) is 33.0. The van der Waals surface area contributed by atoms with Gasteiger partial charge in [0, 0.05) is 5.97 Å². The van der Waals surface area contributed by atoms with Gasteiger partial charge in [-0.15, -0.1) is 0 Å². The quantitative estimate of drug-likeness (QED) is 0.653. The molecule has 0 aliphatic rings. The van der Waals surface area contributed by atoms with Gasteiger partial charge in [-0.1, -0.05) is 61.5 Å². The molecule has 0 aromatic heterocycles. The Balaban J connectivity index is 0.000000431. The molecule has 0 fully saturated rings. The molecular formula is C23H25O2P. The zero-order valence-electron chi connectivity index (χ0n) is 15.3. The van der Waals surface area contributed by atoms with E-state index in [-0.39, 0.29) is 6.42 Å². The second-order valence-electron chi connectivity index (χ2n) is 5.86. The summed E-state index contributed by atoms with van der Waals surface area (Å²) >= 11 is 0. The van der Waals surface area contributed by atoms with Gasteiger partial charge in [-0.3, -0.25) is 0 Å². The second kappa shape index (κ2) is 9.89. The summed E-state index contributed by atoms with van der Waals surface area (Å²) in [5.41, 5.74) is 0. The number of carbonyl (C=O) groups is 1. The minimum atomic E-state index is -1.53. The molecule has 3 aromatic rings. The summed E-state index contributed by atoms with van der Waals surface area (Å²) in [4.78, 5) is 9.26. The van der Waals surface area contributed by atoms with Crippen LogP contribution in [-0.2, 0) is 4.79 Å². The van der Waals surface area contributed by atoms with Crippen LogP contribution in [0.2, 0.25) is 0 Å². The first kappa shape index (κ1) is 19.9. The lowest BCUT2D eigenvalue weighted by Gasteiger charge is -2.26. The van der Waals surface area contributed by atoms with Gasteiger partial charge in [-0.25, -0.2) is 0 Å². The molecule has 0 radical (unpaired) electrons. The smallest absolute Gasteiger partial charge is 0.111 e. The fraction of sp³-hybridized carbons (Fsp3) is 0.174. The third-order valence-corrected chi connectivity index (χ3v) is 8.84. The van der Waals surface area contributed by atoms with Crippen LogP contribution in [0.5, 0.6) is 0 Å². The second-order valence-corrected chi connectivity index (χ2v) is 9.66. The summed E-state index contributed by atoms with van der Waals surface area (Å²) in [7, 11) is -1.53. The number of aliphatic carboxylic acids is 1. The fourth-order valence-electron chi connectivity index (χ4n) is 3.04. The van der Waals surface area contributed by atoms with Crippen molar-refractivity contribution in [1.82, 2.24) is 0 Å². The van der Waals surface area contributed by atoms with Crippen LogP contribution in [-0.4, -0.2) is 12.1 Å². The molecule has 0 amide bonds. The Bertz CT molecular complexity index is 690. The van der Waals surface area contributed by atoms with Crippen LogP contribution < -0.4 is 21.0 Å². The van der Waals surface area contributed by atoms with Gasteiger partial charge in [-0.2, -0.15) is 0 Å². The molecule has 0 saturated heterocycles. The van der Waals surface area contributed by atoms with Crippen molar-refractivity contribution < 1.29 is 9.90 Å². The molecule has 0 aliphatic carbocycles. The van der Waals surface area contributed by atoms with E-state index >= 15 is 0 Å². The summed E-state index contributed by atoms with van der Waals surface area (Å²) in [6.07, 6.45) is 1.25. The van der Waals surface area contributed by atoms with Gasteiger partial charge in [0.15, 0.2) is 0 Å². The van der Waals surface area contributed by atoms with Crippen LogP contribution in [0.25, 0.3) is 0 Å². The van der Waals surface area contributed by atoms with Gasteiger partial charge in [-0.05, 0) is 49.7 Å². The fourth-order valence-corrected chi connectivity index (χ4v) is 7.08. The van der Waals surface area contributed by atoms with Crippen molar-refractivity contribution in [3.8, 4) is 0 Å². The number of rotatable bonds is 5. The van der Waals surface area contributed by atoms with Gasteiger partial charge in [0.1, 0.15) is 23.2 Å². The molecule has 2 nitrogen and oxygen atoms in total. The van der Waals surface area contributed by atoms with Gasteiger partial charge >= 0.3 is 0 Å². The summed E-state index contributed by atoms with van der Waals surface area (Å²) in [5, 5.41) is 13.6. The maximum Gasteiger partial charge on any atom is 0.111 e. The van der Waals surface area contributed by atoms with E-state index in [9.17, 15) is 9.90 Å². The average Bonchev–Trinajstić information content (AvgIpc) is 2.72. The van der Waals surface area contributed by atoms with Crippen LogP contribution >= 0.6 is 7.26 Å². The van der Waals surface area contributed by atoms with Gasteiger partial charge < -0.3 is 9.90 Å². The lowest BCUT2D eigenvalue weighted by Crippen LogP contribution is -2.32. The first-order chi connectivity index (χ1) is 12.6. The molecule has 0 heterocycles. The molecule has 0 spiro atoms. The Labute approximate surface area is 156 Å². The number of hydrogen-bond donors (Lipinski definition) is 0. The number of benzene rings is 3. The minimum absolute atomic E-state index is 0.111. The lowest BCUT2D eigenvalue weighted by atomic mass is 10.4. The standard InChI is InChI=1S/C20H20P.C3H6O2/c1-2-21(18-12-6-3-7-13-18,19-14-8-4-9-15-19)20-16-10-5-11-17-20;1-2-3(4)5/h3-17H,2H2,1H3;2H2,1H3,(H,4,5)/q+1;/p-1. The molecule has 26 heavy (non-hydrogen) atoms. The zero-order valence-corrected chi connectivity index (χ0v) is 16.2. The summed E-state index contributed by atoms with van der Waals surface area (Å²) in [5.74, 6) is -0.995. The molecule has 3 heteroatoms. The van der Waals surface area contributed by atoms with Crippen LogP contribution in [0.3, 0.4) is 0 Å². The lowest BCUT2D eigenvalue weighted by molar-refractivity contribution is -0.305. The Hall–Kier alpha value is -2.44. The van der Waals surface area contributed by atoms with Crippen LogP contribution in [0.4, 0.5) is 0 Å². The van der Waals surface area contributed by atoms with Gasteiger partial charge in [0.25, 0.3) is 0 Å². The number of carbonyl (C=O) groups excluding carboxylic acids is 1. The highest BCUT2D eigenvalue weighted by Crippen LogP contribution is 2.54. The normalized spacial score (nSPS) is 10.5. The van der Waals surface area contributed by atoms with Crippen molar-refractivity contribution in [2.45, 2.75) is 20.3 Å². The summed E-state index contributed by atoms with van der Waals surface area (Å²) < 4.78 is 0. The number of hydrogen-bond acceptors (Lipinski definition) is 2. The van der Waals surface area contributed by atoms with E-state index in [0.717, 1.165) is 6.16 Å². The Kier molecular flexibility index (Phi) is 7.56. The molecular weight excluding hydrogens is 339 g/mol. The Morgan fingerprint density at radius 1 is 0.692 bits per heavy atom. The van der Waals surface area contributed by atoms with E-state index in [2.05, 4.69) is 97.9 Å². The third-order valence-electron chi connectivity index (χ3n) is 4.35. The first-order valence-corrected chi connectivity index (χ1v) is 10.9. The topological polar surface area (TPSA) is 40.1 Å². The van der Waals surface area contributed by atoms with Crippen molar-refractivity contribution in [1.29, 1.82) is 0 Å². The minimum Gasteiger partial charge on any atom is -0.550 e.